The molecule has 4 rings (SSSR count). The van der Waals surface area contributed by atoms with Crippen molar-refractivity contribution in [1.29, 1.82) is 0 Å². The third kappa shape index (κ3) is 3.25. The van der Waals surface area contributed by atoms with E-state index in [0.29, 0.717) is 11.7 Å². The van der Waals surface area contributed by atoms with E-state index in [4.69, 9.17) is 9.51 Å². The van der Waals surface area contributed by atoms with Crippen molar-refractivity contribution in [3.63, 3.8) is 0 Å². The number of aromatic nitrogens is 4. The summed E-state index contributed by atoms with van der Waals surface area (Å²) in [5.41, 5.74) is 3.63. The minimum absolute atomic E-state index is 0.0147. The van der Waals surface area contributed by atoms with Crippen LogP contribution in [0.5, 0.6) is 0 Å². The van der Waals surface area contributed by atoms with Crippen molar-refractivity contribution in [2.75, 3.05) is 0 Å². The van der Waals surface area contributed by atoms with Crippen molar-refractivity contribution < 1.29 is 4.52 Å². The lowest BCUT2D eigenvalue weighted by atomic mass is 10.2. The van der Waals surface area contributed by atoms with Gasteiger partial charge in [0, 0.05) is 5.56 Å². The average Bonchev–Trinajstić information content (AvgIpc) is 3.13. The zero-order chi connectivity index (χ0) is 17.2. The van der Waals surface area contributed by atoms with Gasteiger partial charge in [0.2, 0.25) is 11.7 Å². The summed E-state index contributed by atoms with van der Waals surface area (Å²) < 4.78 is 5.45. The van der Waals surface area contributed by atoms with Crippen LogP contribution in [0.2, 0.25) is 0 Å². The molecule has 1 unspecified atom stereocenters. The van der Waals surface area contributed by atoms with E-state index in [2.05, 4.69) is 15.1 Å². The molecule has 0 N–H and O–H groups in total. The molecule has 2 aromatic carbocycles. The second-order valence-electron chi connectivity index (χ2n) is 5.69. The third-order valence-corrected chi connectivity index (χ3v) is 4.98. The number of hydrogen-bond donors (Lipinski definition) is 0. The number of hydrogen-bond acceptors (Lipinski definition) is 6. The molecule has 6 heteroatoms. The molecule has 0 aliphatic heterocycles. The van der Waals surface area contributed by atoms with Crippen LogP contribution in [-0.4, -0.2) is 20.1 Å². The molecule has 0 aliphatic rings. The molecule has 0 aliphatic carbocycles. The normalized spacial score (nSPS) is 12.4. The lowest BCUT2D eigenvalue weighted by Crippen LogP contribution is -1.96. The smallest absolute Gasteiger partial charge is 0.240 e. The minimum atomic E-state index is -0.0147. The predicted octanol–water partition coefficient (Wildman–Crippen LogP) is 4.84. The van der Waals surface area contributed by atoms with E-state index in [9.17, 15) is 0 Å². The Kier molecular flexibility index (Phi) is 4.19. The highest BCUT2D eigenvalue weighted by atomic mass is 32.2. The fourth-order valence-electron chi connectivity index (χ4n) is 2.51. The Labute approximate surface area is 149 Å². The van der Waals surface area contributed by atoms with Gasteiger partial charge in [-0.3, -0.25) is 0 Å². The number of aryl methyl sites for hydroxylation is 1. The molecule has 0 amide bonds. The fraction of sp³-hybridized carbons (Fsp3) is 0.158. The average molecular weight is 348 g/mol. The maximum absolute atomic E-state index is 5.45. The SMILES string of the molecule is Cc1nc2ccccc2nc1SC(C)c1nc(-c2ccccc2)no1. The highest BCUT2D eigenvalue weighted by Gasteiger charge is 2.18. The maximum atomic E-state index is 5.45. The number of benzene rings is 2. The molecule has 1 atom stereocenters. The molecule has 124 valence electrons. The van der Waals surface area contributed by atoms with Gasteiger partial charge in [0.05, 0.1) is 22.0 Å². The van der Waals surface area contributed by atoms with E-state index in [-0.39, 0.29) is 5.25 Å². The summed E-state index contributed by atoms with van der Waals surface area (Å²) >= 11 is 1.58. The van der Waals surface area contributed by atoms with E-state index in [1.54, 1.807) is 11.8 Å². The summed E-state index contributed by atoms with van der Waals surface area (Å²) in [5, 5.41) is 4.95. The van der Waals surface area contributed by atoms with Crippen LogP contribution < -0.4 is 0 Å². The molecular formula is C19H16N4OS. The third-order valence-electron chi connectivity index (χ3n) is 3.81. The van der Waals surface area contributed by atoms with Gasteiger partial charge in [-0.1, -0.05) is 59.4 Å². The van der Waals surface area contributed by atoms with Crippen LogP contribution in [0, 0.1) is 6.92 Å². The van der Waals surface area contributed by atoms with Crippen LogP contribution in [-0.2, 0) is 0 Å². The van der Waals surface area contributed by atoms with Crippen LogP contribution >= 0.6 is 11.8 Å². The number of thioether (sulfide) groups is 1. The van der Waals surface area contributed by atoms with Crippen molar-refractivity contribution in [3.05, 3.63) is 66.2 Å². The van der Waals surface area contributed by atoms with Crippen LogP contribution in [0.3, 0.4) is 0 Å². The van der Waals surface area contributed by atoms with E-state index < -0.39 is 0 Å². The summed E-state index contributed by atoms with van der Waals surface area (Å²) in [6.45, 7) is 4.00. The van der Waals surface area contributed by atoms with Gasteiger partial charge in [-0.2, -0.15) is 4.98 Å². The van der Waals surface area contributed by atoms with E-state index in [1.807, 2.05) is 68.4 Å². The van der Waals surface area contributed by atoms with E-state index in [1.165, 1.54) is 0 Å². The Morgan fingerprint density at radius 3 is 2.32 bits per heavy atom. The summed E-state index contributed by atoms with van der Waals surface area (Å²) in [6, 6.07) is 17.7. The van der Waals surface area contributed by atoms with Crippen LogP contribution in [0.1, 0.15) is 23.8 Å². The minimum Gasteiger partial charge on any atom is -0.338 e. The molecule has 2 heterocycles. The largest absolute Gasteiger partial charge is 0.338 e. The first kappa shape index (κ1) is 15.8. The topological polar surface area (TPSA) is 64.7 Å². The second kappa shape index (κ2) is 6.64. The molecule has 0 radical (unpaired) electrons. The van der Waals surface area contributed by atoms with Crippen molar-refractivity contribution >= 4 is 22.8 Å². The first-order valence-electron chi connectivity index (χ1n) is 8.00. The molecule has 5 nitrogen and oxygen atoms in total. The first-order chi connectivity index (χ1) is 12.2. The van der Waals surface area contributed by atoms with Crippen LogP contribution in [0.4, 0.5) is 0 Å². The van der Waals surface area contributed by atoms with Gasteiger partial charge in [0.25, 0.3) is 0 Å². The molecule has 0 bridgehead atoms. The second-order valence-corrected chi connectivity index (χ2v) is 7.01. The van der Waals surface area contributed by atoms with Gasteiger partial charge in [-0.25, -0.2) is 9.97 Å². The maximum Gasteiger partial charge on any atom is 0.240 e. The first-order valence-corrected chi connectivity index (χ1v) is 8.88. The monoisotopic (exact) mass is 348 g/mol. The fourth-order valence-corrected chi connectivity index (χ4v) is 3.41. The quantitative estimate of drug-likeness (QED) is 0.492. The van der Waals surface area contributed by atoms with Gasteiger partial charge in [0.15, 0.2) is 0 Å². The summed E-state index contributed by atoms with van der Waals surface area (Å²) in [7, 11) is 0. The standard InChI is InChI=1S/C19H16N4OS/c1-12-19(21-16-11-7-6-10-15(16)20-12)25-13(2)18-22-17(23-24-18)14-8-4-3-5-9-14/h3-11,13H,1-2H3. The Morgan fingerprint density at radius 2 is 1.56 bits per heavy atom. The number of para-hydroxylation sites is 2. The lowest BCUT2D eigenvalue weighted by molar-refractivity contribution is 0.380. The van der Waals surface area contributed by atoms with E-state index in [0.717, 1.165) is 27.3 Å². The zero-order valence-electron chi connectivity index (χ0n) is 13.9. The van der Waals surface area contributed by atoms with Crippen molar-refractivity contribution in [2.24, 2.45) is 0 Å². The molecule has 25 heavy (non-hydrogen) atoms. The van der Waals surface area contributed by atoms with Gasteiger partial charge in [0.1, 0.15) is 5.03 Å². The Balaban J connectivity index is 1.59. The Hall–Kier alpha value is -2.73. The Bertz CT molecular complexity index is 1020. The van der Waals surface area contributed by atoms with Crippen molar-refractivity contribution in [3.8, 4) is 11.4 Å². The van der Waals surface area contributed by atoms with Crippen LogP contribution in [0.25, 0.3) is 22.4 Å². The molecule has 0 saturated heterocycles. The molecule has 4 aromatic rings. The van der Waals surface area contributed by atoms with Gasteiger partial charge >= 0.3 is 0 Å². The number of nitrogens with zero attached hydrogens (tertiary/aromatic N) is 4. The highest BCUT2D eigenvalue weighted by molar-refractivity contribution is 7.99. The van der Waals surface area contributed by atoms with Gasteiger partial charge in [-0.15, -0.1) is 0 Å². The highest BCUT2D eigenvalue weighted by Crippen LogP contribution is 2.35. The number of fused-ring (bicyclic) bond motifs is 1. The summed E-state index contributed by atoms with van der Waals surface area (Å²) in [4.78, 5) is 13.9. The van der Waals surface area contributed by atoms with Gasteiger partial charge in [-0.05, 0) is 26.0 Å². The Morgan fingerprint density at radius 1 is 0.880 bits per heavy atom. The lowest BCUT2D eigenvalue weighted by Gasteiger charge is -2.09. The zero-order valence-corrected chi connectivity index (χ0v) is 14.7. The van der Waals surface area contributed by atoms with Crippen LogP contribution in [0.15, 0.2) is 64.1 Å². The molecular weight excluding hydrogens is 332 g/mol. The molecule has 0 saturated carbocycles. The molecule has 0 fully saturated rings. The summed E-state index contributed by atoms with van der Waals surface area (Å²) in [5.74, 6) is 1.18. The van der Waals surface area contributed by atoms with Gasteiger partial charge < -0.3 is 4.52 Å². The summed E-state index contributed by atoms with van der Waals surface area (Å²) in [6.07, 6.45) is 0. The number of rotatable bonds is 4. The molecule has 0 spiro atoms. The van der Waals surface area contributed by atoms with E-state index >= 15 is 0 Å². The predicted molar refractivity (Wildman–Crippen MR) is 98.3 cm³/mol. The van der Waals surface area contributed by atoms with Crippen molar-refractivity contribution in [1.82, 2.24) is 20.1 Å². The molecule has 2 aromatic heterocycles. The van der Waals surface area contributed by atoms with Crippen molar-refractivity contribution in [2.45, 2.75) is 24.1 Å².